The Kier molecular flexibility index (Phi) is 5.64. The van der Waals surface area contributed by atoms with Gasteiger partial charge in [-0.3, -0.25) is 0 Å². The van der Waals surface area contributed by atoms with Crippen molar-refractivity contribution in [3.05, 3.63) is 35.4 Å². The van der Waals surface area contributed by atoms with Crippen molar-refractivity contribution in [1.29, 1.82) is 0 Å². The summed E-state index contributed by atoms with van der Waals surface area (Å²) in [6.07, 6.45) is 4.47. The summed E-state index contributed by atoms with van der Waals surface area (Å²) in [5.41, 5.74) is 0.479. The van der Waals surface area contributed by atoms with Crippen LogP contribution in [0.15, 0.2) is 18.2 Å². The zero-order valence-corrected chi connectivity index (χ0v) is 12.1. The summed E-state index contributed by atoms with van der Waals surface area (Å²) in [5.74, 6) is 0.452. The van der Waals surface area contributed by atoms with E-state index in [4.69, 9.17) is 0 Å². The highest BCUT2D eigenvalue weighted by Crippen LogP contribution is 2.35. The lowest BCUT2D eigenvalue weighted by molar-refractivity contribution is 0.455. The van der Waals surface area contributed by atoms with E-state index < -0.39 is 0 Å². The largest absolute Gasteiger partial charge is 0.309 e. The summed E-state index contributed by atoms with van der Waals surface area (Å²) in [5, 5.41) is 3.74. The molecular weight excluding hydrogens is 264 g/mol. The molecule has 1 aliphatic rings. The highest BCUT2D eigenvalue weighted by molar-refractivity contribution is 8.00. The Hall–Kier alpha value is -0.610. The van der Waals surface area contributed by atoms with E-state index in [1.54, 1.807) is 0 Å². The van der Waals surface area contributed by atoms with Crippen LogP contribution in [-0.2, 0) is 0 Å². The third kappa shape index (κ3) is 3.93. The van der Waals surface area contributed by atoms with Gasteiger partial charge in [-0.05, 0) is 49.8 Å². The summed E-state index contributed by atoms with van der Waals surface area (Å²) in [6, 6.07) is 3.68. The first-order valence-corrected chi connectivity index (χ1v) is 8.07. The lowest BCUT2D eigenvalue weighted by Crippen LogP contribution is -2.33. The monoisotopic (exact) mass is 285 g/mol. The van der Waals surface area contributed by atoms with E-state index in [-0.39, 0.29) is 17.7 Å². The number of hydrogen-bond donors (Lipinski definition) is 1. The first kappa shape index (κ1) is 14.8. The van der Waals surface area contributed by atoms with Crippen LogP contribution < -0.4 is 5.32 Å². The fourth-order valence-electron chi connectivity index (χ4n) is 2.52. The normalized spacial score (nSPS) is 21.3. The maximum absolute atomic E-state index is 14.0. The summed E-state index contributed by atoms with van der Waals surface area (Å²) in [7, 11) is 0. The zero-order valence-electron chi connectivity index (χ0n) is 11.3. The molecule has 1 aromatic rings. The average Bonchev–Trinajstić information content (AvgIpc) is 2.44. The minimum atomic E-state index is -0.361. The van der Waals surface area contributed by atoms with Crippen molar-refractivity contribution in [2.24, 2.45) is 0 Å². The Morgan fingerprint density at radius 2 is 2.21 bits per heavy atom. The van der Waals surface area contributed by atoms with Gasteiger partial charge >= 0.3 is 0 Å². The molecule has 2 unspecified atom stereocenters. The Morgan fingerprint density at radius 1 is 1.37 bits per heavy atom. The second kappa shape index (κ2) is 7.25. The van der Waals surface area contributed by atoms with E-state index >= 15 is 0 Å². The first-order chi connectivity index (χ1) is 9.22. The maximum atomic E-state index is 14.0. The van der Waals surface area contributed by atoms with E-state index in [9.17, 15) is 8.78 Å². The summed E-state index contributed by atoms with van der Waals surface area (Å²) < 4.78 is 27.4. The van der Waals surface area contributed by atoms with Gasteiger partial charge < -0.3 is 5.32 Å². The Labute approximate surface area is 118 Å². The van der Waals surface area contributed by atoms with E-state index in [0.717, 1.165) is 25.1 Å². The van der Waals surface area contributed by atoms with Gasteiger partial charge in [0.05, 0.1) is 0 Å². The van der Waals surface area contributed by atoms with Crippen LogP contribution in [0.3, 0.4) is 0 Å². The highest BCUT2D eigenvalue weighted by Gasteiger charge is 2.27. The standard InChI is InChI=1S/C15H21F2NS/c1-2-8-18-15(14-5-3-4-9-19-14)12-10-11(16)6-7-13(12)17/h6-7,10,14-15,18H,2-5,8-9H2,1H3. The van der Waals surface area contributed by atoms with Gasteiger partial charge in [0.25, 0.3) is 0 Å². The van der Waals surface area contributed by atoms with Crippen LogP contribution in [0, 0.1) is 11.6 Å². The van der Waals surface area contributed by atoms with Crippen molar-refractivity contribution in [1.82, 2.24) is 5.32 Å². The molecule has 0 amide bonds. The van der Waals surface area contributed by atoms with Gasteiger partial charge in [0.15, 0.2) is 0 Å². The molecule has 0 saturated carbocycles. The highest BCUT2D eigenvalue weighted by atomic mass is 32.2. The Morgan fingerprint density at radius 3 is 2.89 bits per heavy atom. The molecule has 1 heterocycles. The van der Waals surface area contributed by atoms with Crippen molar-refractivity contribution in [2.45, 2.75) is 43.9 Å². The molecule has 2 rings (SSSR count). The summed E-state index contributed by atoms with van der Waals surface area (Å²) >= 11 is 1.88. The average molecular weight is 285 g/mol. The number of hydrogen-bond acceptors (Lipinski definition) is 2. The molecule has 106 valence electrons. The van der Waals surface area contributed by atoms with E-state index in [0.29, 0.717) is 10.8 Å². The van der Waals surface area contributed by atoms with Crippen molar-refractivity contribution < 1.29 is 8.78 Å². The molecule has 1 N–H and O–H groups in total. The van der Waals surface area contributed by atoms with Crippen LogP contribution >= 0.6 is 11.8 Å². The molecule has 1 nitrogen and oxygen atoms in total. The number of halogens is 2. The zero-order chi connectivity index (χ0) is 13.7. The van der Waals surface area contributed by atoms with Crippen LogP contribution in [-0.4, -0.2) is 17.5 Å². The third-order valence-corrected chi connectivity index (χ3v) is 4.95. The molecule has 1 saturated heterocycles. The van der Waals surface area contributed by atoms with Crippen molar-refractivity contribution in [3.8, 4) is 0 Å². The van der Waals surface area contributed by atoms with Crippen LogP contribution in [0.5, 0.6) is 0 Å². The molecule has 0 aromatic heterocycles. The first-order valence-electron chi connectivity index (χ1n) is 7.02. The Bertz CT molecular complexity index is 405. The van der Waals surface area contributed by atoms with Gasteiger partial charge in [-0.25, -0.2) is 8.78 Å². The van der Waals surface area contributed by atoms with Gasteiger partial charge in [-0.2, -0.15) is 11.8 Å². The second-order valence-electron chi connectivity index (χ2n) is 5.00. The molecule has 19 heavy (non-hydrogen) atoms. The van der Waals surface area contributed by atoms with Crippen LogP contribution in [0.2, 0.25) is 0 Å². The van der Waals surface area contributed by atoms with E-state index in [2.05, 4.69) is 12.2 Å². The smallest absolute Gasteiger partial charge is 0.128 e. The SMILES string of the molecule is CCCNC(c1cc(F)ccc1F)C1CCCCS1. The lowest BCUT2D eigenvalue weighted by atomic mass is 9.98. The second-order valence-corrected chi connectivity index (χ2v) is 6.35. The number of nitrogens with one attached hydrogen (secondary N) is 1. The van der Waals surface area contributed by atoms with Crippen molar-refractivity contribution in [2.75, 3.05) is 12.3 Å². The molecule has 1 fully saturated rings. The van der Waals surface area contributed by atoms with Gasteiger partial charge in [0.2, 0.25) is 0 Å². The van der Waals surface area contributed by atoms with Crippen molar-refractivity contribution in [3.63, 3.8) is 0 Å². The summed E-state index contributed by atoms with van der Waals surface area (Å²) in [4.78, 5) is 0. The van der Waals surface area contributed by atoms with Gasteiger partial charge in [-0.1, -0.05) is 13.3 Å². The number of thioether (sulfide) groups is 1. The lowest BCUT2D eigenvalue weighted by Gasteiger charge is -2.31. The molecule has 0 spiro atoms. The van der Waals surface area contributed by atoms with Crippen LogP contribution in [0.4, 0.5) is 8.78 Å². The van der Waals surface area contributed by atoms with Gasteiger partial charge in [-0.15, -0.1) is 0 Å². The molecule has 0 radical (unpaired) electrons. The molecule has 0 aliphatic carbocycles. The third-order valence-electron chi connectivity index (χ3n) is 3.49. The number of benzene rings is 1. The topological polar surface area (TPSA) is 12.0 Å². The quantitative estimate of drug-likeness (QED) is 0.866. The summed E-state index contributed by atoms with van der Waals surface area (Å²) in [6.45, 7) is 2.91. The number of rotatable bonds is 5. The predicted octanol–water partition coefficient (Wildman–Crippen LogP) is 4.29. The maximum Gasteiger partial charge on any atom is 0.128 e. The molecule has 1 aromatic carbocycles. The van der Waals surface area contributed by atoms with E-state index in [1.807, 2.05) is 11.8 Å². The molecule has 4 heteroatoms. The van der Waals surface area contributed by atoms with Crippen molar-refractivity contribution >= 4 is 11.8 Å². The molecule has 2 atom stereocenters. The fourth-order valence-corrected chi connectivity index (χ4v) is 3.97. The molecule has 0 bridgehead atoms. The van der Waals surface area contributed by atoms with Gasteiger partial charge in [0, 0.05) is 16.9 Å². The van der Waals surface area contributed by atoms with Crippen LogP contribution in [0.1, 0.15) is 44.2 Å². The minimum absolute atomic E-state index is 0.0825. The fraction of sp³-hybridized carbons (Fsp3) is 0.600. The Balaban J connectivity index is 2.22. The van der Waals surface area contributed by atoms with Gasteiger partial charge in [0.1, 0.15) is 11.6 Å². The minimum Gasteiger partial charge on any atom is -0.309 e. The van der Waals surface area contributed by atoms with E-state index in [1.165, 1.54) is 31.0 Å². The molecular formula is C15H21F2NS. The molecule has 1 aliphatic heterocycles. The van der Waals surface area contributed by atoms with Crippen LogP contribution in [0.25, 0.3) is 0 Å². The predicted molar refractivity (Wildman–Crippen MR) is 77.5 cm³/mol.